The third-order valence-electron chi connectivity index (χ3n) is 1.76. The maximum absolute atomic E-state index is 10.9. The summed E-state index contributed by atoms with van der Waals surface area (Å²) < 4.78 is 0. The van der Waals surface area contributed by atoms with Gasteiger partial charge < -0.3 is 10.4 Å². The lowest BCUT2D eigenvalue weighted by Gasteiger charge is -2.11. The third-order valence-corrected chi connectivity index (χ3v) is 1.76. The summed E-state index contributed by atoms with van der Waals surface area (Å²) in [7, 11) is 0. The summed E-state index contributed by atoms with van der Waals surface area (Å²) in [5, 5.41) is 11.1. The van der Waals surface area contributed by atoms with Crippen molar-refractivity contribution in [3.05, 3.63) is 0 Å². The van der Waals surface area contributed by atoms with Gasteiger partial charge in [0.25, 0.3) is 0 Å². The molecule has 0 aliphatic heterocycles. The van der Waals surface area contributed by atoms with Crippen LogP contribution in [0.15, 0.2) is 0 Å². The number of carboxylic acid groups (broad SMARTS) is 1. The van der Waals surface area contributed by atoms with Crippen molar-refractivity contribution in [2.45, 2.75) is 45.6 Å². The van der Waals surface area contributed by atoms with Crippen molar-refractivity contribution in [1.82, 2.24) is 5.32 Å². The highest BCUT2D eigenvalue weighted by Crippen LogP contribution is 2.00. The van der Waals surface area contributed by atoms with Gasteiger partial charge >= 0.3 is 5.97 Å². The van der Waals surface area contributed by atoms with E-state index in [1.807, 2.05) is 6.92 Å². The number of hydrogen-bond donors (Lipinski definition) is 2. The molecule has 4 heteroatoms. The van der Waals surface area contributed by atoms with Crippen LogP contribution in [0.3, 0.4) is 0 Å². The fourth-order valence-electron chi connectivity index (χ4n) is 1.01. The highest BCUT2D eigenvalue weighted by molar-refractivity contribution is 5.75. The second-order valence-corrected chi connectivity index (χ2v) is 3.11. The summed E-state index contributed by atoms with van der Waals surface area (Å²) in [4.78, 5) is 21.1. The van der Waals surface area contributed by atoms with E-state index in [2.05, 4.69) is 5.32 Å². The number of hydrogen-bond acceptors (Lipinski definition) is 2. The molecule has 0 saturated heterocycles. The zero-order valence-electron chi connectivity index (χ0n) is 8.17. The van der Waals surface area contributed by atoms with Crippen molar-refractivity contribution < 1.29 is 14.7 Å². The molecule has 0 bridgehead atoms. The monoisotopic (exact) mass is 187 g/mol. The Morgan fingerprint density at radius 1 is 1.46 bits per heavy atom. The van der Waals surface area contributed by atoms with E-state index in [9.17, 15) is 9.59 Å². The molecule has 4 nitrogen and oxygen atoms in total. The molecule has 0 fully saturated rings. The number of carbonyl (C=O) groups is 2. The van der Waals surface area contributed by atoms with Crippen LogP contribution >= 0.6 is 0 Å². The van der Waals surface area contributed by atoms with Crippen LogP contribution < -0.4 is 5.32 Å². The minimum atomic E-state index is -0.783. The van der Waals surface area contributed by atoms with Gasteiger partial charge in [-0.05, 0) is 19.8 Å². The second kappa shape index (κ2) is 6.46. The molecule has 2 N–H and O–H groups in total. The van der Waals surface area contributed by atoms with Crippen LogP contribution in [-0.4, -0.2) is 23.0 Å². The van der Waals surface area contributed by atoms with Crippen LogP contribution in [0.1, 0.15) is 39.5 Å². The molecule has 0 saturated carbocycles. The molecular formula is C9H17NO3. The van der Waals surface area contributed by atoms with Crippen LogP contribution in [0.4, 0.5) is 0 Å². The molecule has 1 atom stereocenters. The first kappa shape index (κ1) is 11.9. The van der Waals surface area contributed by atoms with Gasteiger partial charge in [-0.1, -0.05) is 6.92 Å². The summed E-state index contributed by atoms with van der Waals surface area (Å²) in [5.74, 6) is -0.767. The zero-order valence-corrected chi connectivity index (χ0v) is 8.17. The van der Waals surface area contributed by atoms with E-state index in [1.54, 1.807) is 6.92 Å². The van der Waals surface area contributed by atoms with E-state index in [-0.39, 0.29) is 18.4 Å². The van der Waals surface area contributed by atoms with Gasteiger partial charge in [0, 0.05) is 18.9 Å². The van der Waals surface area contributed by atoms with E-state index < -0.39 is 5.97 Å². The smallest absolute Gasteiger partial charge is 0.303 e. The van der Waals surface area contributed by atoms with Gasteiger partial charge in [-0.15, -0.1) is 0 Å². The van der Waals surface area contributed by atoms with Crippen LogP contribution in [0.5, 0.6) is 0 Å². The first-order valence-corrected chi connectivity index (χ1v) is 4.57. The number of aliphatic carboxylic acids is 1. The molecule has 0 aromatic heterocycles. The molecule has 0 aromatic carbocycles. The molecule has 0 aromatic rings. The van der Waals surface area contributed by atoms with Crippen LogP contribution in [0, 0.1) is 0 Å². The summed E-state index contributed by atoms with van der Waals surface area (Å²) in [5.41, 5.74) is 0. The molecule has 13 heavy (non-hydrogen) atoms. The number of carbonyl (C=O) groups excluding carboxylic acids is 1. The molecule has 0 heterocycles. The lowest BCUT2D eigenvalue weighted by Crippen LogP contribution is -2.31. The molecule has 0 rings (SSSR count). The average Bonchev–Trinajstić information content (AvgIpc) is 2.03. The normalized spacial score (nSPS) is 12.2. The molecule has 1 unspecified atom stereocenters. The Balaban J connectivity index is 3.45. The first-order chi connectivity index (χ1) is 6.06. The minimum absolute atomic E-state index is 0.0165. The summed E-state index contributed by atoms with van der Waals surface area (Å²) in [6, 6.07) is 0.0757. The van der Waals surface area contributed by atoms with E-state index >= 15 is 0 Å². The number of nitrogens with one attached hydrogen (secondary N) is 1. The average molecular weight is 187 g/mol. The Morgan fingerprint density at radius 2 is 2.08 bits per heavy atom. The van der Waals surface area contributed by atoms with Gasteiger partial charge in [0.1, 0.15) is 0 Å². The van der Waals surface area contributed by atoms with Crippen molar-refractivity contribution in [1.29, 1.82) is 0 Å². The predicted molar refractivity (Wildman–Crippen MR) is 49.4 cm³/mol. The summed E-state index contributed by atoms with van der Waals surface area (Å²) in [6.45, 7) is 3.68. The minimum Gasteiger partial charge on any atom is -0.481 e. The van der Waals surface area contributed by atoms with Crippen molar-refractivity contribution >= 4 is 11.9 Å². The fourth-order valence-corrected chi connectivity index (χ4v) is 1.01. The summed E-state index contributed by atoms with van der Waals surface area (Å²) in [6.07, 6.45) is 1.98. The highest BCUT2D eigenvalue weighted by atomic mass is 16.4. The number of rotatable bonds is 6. The van der Waals surface area contributed by atoms with E-state index in [1.165, 1.54) is 0 Å². The van der Waals surface area contributed by atoms with Gasteiger partial charge in [-0.3, -0.25) is 9.59 Å². The molecule has 1 amide bonds. The van der Waals surface area contributed by atoms with Crippen molar-refractivity contribution in [3.8, 4) is 0 Å². The standard InChI is InChI=1S/C9H17NO3/c1-3-8(11)10-7(2)5-4-6-9(12)13/h7H,3-6H2,1-2H3,(H,10,11)(H,12,13). The van der Waals surface area contributed by atoms with E-state index in [4.69, 9.17) is 5.11 Å². The maximum Gasteiger partial charge on any atom is 0.303 e. The number of amides is 1. The van der Waals surface area contributed by atoms with Crippen LogP contribution in [0.25, 0.3) is 0 Å². The van der Waals surface area contributed by atoms with Crippen molar-refractivity contribution in [3.63, 3.8) is 0 Å². The van der Waals surface area contributed by atoms with E-state index in [0.29, 0.717) is 12.8 Å². The quantitative estimate of drug-likeness (QED) is 0.655. The maximum atomic E-state index is 10.9. The topological polar surface area (TPSA) is 66.4 Å². The largest absolute Gasteiger partial charge is 0.481 e. The number of carboxylic acids is 1. The third kappa shape index (κ3) is 7.31. The zero-order chi connectivity index (χ0) is 10.3. The fraction of sp³-hybridized carbons (Fsp3) is 0.778. The van der Waals surface area contributed by atoms with Gasteiger partial charge in [-0.25, -0.2) is 0 Å². The Hall–Kier alpha value is -1.06. The molecule has 0 radical (unpaired) electrons. The van der Waals surface area contributed by atoms with Gasteiger partial charge in [-0.2, -0.15) is 0 Å². The van der Waals surface area contributed by atoms with Crippen LogP contribution in [0.2, 0.25) is 0 Å². The van der Waals surface area contributed by atoms with Gasteiger partial charge in [0.05, 0.1) is 0 Å². The molecule has 0 spiro atoms. The van der Waals surface area contributed by atoms with Crippen molar-refractivity contribution in [2.24, 2.45) is 0 Å². The Labute approximate surface area is 78.3 Å². The Bertz CT molecular complexity index is 180. The lowest BCUT2D eigenvalue weighted by atomic mass is 10.1. The SMILES string of the molecule is CCC(=O)NC(C)CCCC(=O)O. The highest BCUT2D eigenvalue weighted by Gasteiger charge is 2.05. The lowest BCUT2D eigenvalue weighted by molar-refractivity contribution is -0.137. The Kier molecular flexibility index (Phi) is 5.93. The molecule has 0 aliphatic rings. The second-order valence-electron chi connectivity index (χ2n) is 3.11. The molecular weight excluding hydrogens is 170 g/mol. The van der Waals surface area contributed by atoms with Gasteiger partial charge in [0.2, 0.25) is 5.91 Å². The Morgan fingerprint density at radius 3 is 2.54 bits per heavy atom. The molecule has 76 valence electrons. The summed E-state index contributed by atoms with van der Waals surface area (Å²) >= 11 is 0. The first-order valence-electron chi connectivity index (χ1n) is 4.57. The van der Waals surface area contributed by atoms with Crippen molar-refractivity contribution in [2.75, 3.05) is 0 Å². The predicted octanol–water partition coefficient (Wildman–Crippen LogP) is 1.16. The molecule has 0 aliphatic carbocycles. The van der Waals surface area contributed by atoms with Gasteiger partial charge in [0.15, 0.2) is 0 Å². The van der Waals surface area contributed by atoms with E-state index in [0.717, 1.165) is 6.42 Å². The van der Waals surface area contributed by atoms with Crippen LogP contribution in [-0.2, 0) is 9.59 Å².